The van der Waals surface area contributed by atoms with Gasteiger partial charge >= 0.3 is 6.09 Å². The number of hydrogen-bond acceptors (Lipinski definition) is 4. The molecule has 1 aliphatic heterocycles. The van der Waals surface area contributed by atoms with Crippen LogP contribution in [-0.4, -0.2) is 48.7 Å². The number of carbonyl (C=O) groups is 1. The third kappa shape index (κ3) is 3.95. The lowest BCUT2D eigenvalue weighted by molar-refractivity contribution is 0.00402. The molecular weight excluding hydrogens is 230 g/mol. The molecule has 0 aromatic heterocycles. The molecule has 5 nitrogen and oxygen atoms in total. The predicted octanol–water partition coefficient (Wildman–Crippen LogP) is 1.82. The van der Waals surface area contributed by atoms with Crippen LogP contribution in [0.15, 0.2) is 11.8 Å². The molecule has 0 unspecified atom stereocenters. The molecule has 5 heteroatoms. The lowest BCUT2D eigenvalue weighted by Crippen LogP contribution is -2.52. The van der Waals surface area contributed by atoms with Crippen molar-refractivity contribution in [1.82, 2.24) is 9.80 Å². The monoisotopic (exact) mass is 251 g/mol. The second kappa shape index (κ2) is 5.30. The van der Waals surface area contributed by atoms with Crippen molar-refractivity contribution < 1.29 is 9.53 Å². The Hall–Kier alpha value is -1.70. The predicted molar refractivity (Wildman–Crippen MR) is 68.7 cm³/mol. The number of ether oxygens (including phenoxy) is 1. The van der Waals surface area contributed by atoms with E-state index >= 15 is 0 Å². The summed E-state index contributed by atoms with van der Waals surface area (Å²) in [5.41, 5.74) is 0.236. The minimum absolute atomic E-state index is 0.130. The van der Waals surface area contributed by atoms with Crippen LogP contribution in [0.1, 0.15) is 20.8 Å². The summed E-state index contributed by atoms with van der Waals surface area (Å²) in [5.74, 6) is 0.130. The molecule has 1 amide bonds. The largest absolute Gasteiger partial charge is 0.444 e. The lowest BCUT2D eigenvalue weighted by Gasteiger charge is -2.39. The minimum Gasteiger partial charge on any atom is -0.444 e. The van der Waals surface area contributed by atoms with Gasteiger partial charge < -0.3 is 14.5 Å². The first-order chi connectivity index (χ1) is 8.23. The van der Waals surface area contributed by atoms with Crippen LogP contribution in [-0.2, 0) is 4.74 Å². The van der Waals surface area contributed by atoms with Gasteiger partial charge in [-0.15, -0.1) is 0 Å². The van der Waals surface area contributed by atoms with Crippen molar-refractivity contribution in [1.29, 1.82) is 5.26 Å². The second-order valence-electron chi connectivity index (χ2n) is 5.74. The first-order valence-electron chi connectivity index (χ1n) is 5.99. The van der Waals surface area contributed by atoms with Gasteiger partial charge in [0.05, 0.1) is 11.6 Å². The maximum Gasteiger partial charge on any atom is 0.410 e. The van der Waals surface area contributed by atoms with Gasteiger partial charge in [0.2, 0.25) is 0 Å². The van der Waals surface area contributed by atoms with Crippen molar-refractivity contribution in [2.24, 2.45) is 5.92 Å². The normalized spacial score (nSPS) is 16.9. The fourth-order valence-electron chi connectivity index (χ4n) is 1.65. The zero-order valence-electron chi connectivity index (χ0n) is 11.7. The van der Waals surface area contributed by atoms with Crippen LogP contribution in [0.3, 0.4) is 0 Å². The molecule has 0 saturated carbocycles. The maximum absolute atomic E-state index is 11.7. The fraction of sp³-hybridized carbons (Fsp3) is 0.692. The fourth-order valence-corrected chi connectivity index (χ4v) is 1.65. The number of carbonyl (C=O) groups excluding carboxylic acids is 1. The van der Waals surface area contributed by atoms with Gasteiger partial charge in [0.25, 0.3) is 0 Å². The molecule has 0 aromatic carbocycles. The van der Waals surface area contributed by atoms with Gasteiger partial charge in [-0.25, -0.2) is 4.79 Å². The lowest BCUT2D eigenvalue weighted by atomic mass is 9.93. The molecule has 0 aromatic rings. The van der Waals surface area contributed by atoms with Gasteiger partial charge in [-0.1, -0.05) is 0 Å². The minimum atomic E-state index is -0.473. The SMILES string of the molecule is CN(C)/C=C(/C#N)C1CN(C(=O)OC(C)(C)C)C1. The average molecular weight is 251 g/mol. The Labute approximate surface area is 109 Å². The molecule has 0 bridgehead atoms. The number of nitriles is 1. The molecule has 0 aliphatic carbocycles. The molecule has 1 saturated heterocycles. The highest BCUT2D eigenvalue weighted by atomic mass is 16.6. The van der Waals surface area contributed by atoms with E-state index in [1.807, 2.05) is 39.8 Å². The van der Waals surface area contributed by atoms with E-state index in [1.54, 1.807) is 11.1 Å². The van der Waals surface area contributed by atoms with Crippen molar-refractivity contribution in [2.75, 3.05) is 27.2 Å². The summed E-state index contributed by atoms with van der Waals surface area (Å²) in [5, 5.41) is 9.04. The van der Waals surface area contributed by atoms with Crippen molar-refractivity contribution in [2.45, 2.75) is 26.4 Å². The highest BCUT2D eigenvalue weighted by Crippen LogP contribution is 2.25. The van der Waals surface area contributed by atoms with Crippen LogP contribution in [0.25, 0.3) is 0 Å². The average Bonchev–Trinajstić information content (AvgIpc) is 2.09. The van der Waals surface area contributed by atoms with Crippen LogP contribution in [0.2, 0.25) is 0 Å². The smallest absolute Gasteiger partial charge is 0.410 e. The van der Waals surface area contributed by atoms with Gasteiger partial charge in [-0.3, -0.25) is 0 Å². The van der Waals surface area contributed by atoms with E-state index in [9.17, 15) is 4.79 Å². The van der Waals surface area contributed by atoms with Gasteiger partial charge in [-0.2, -0.15) is 5.26 Å². The number of amides is 1. The van der Waals surface area contributed by atoms with E-state index in [0.717, 1.165) is 0 Å². The third-order valence-corrected chi connectivity index (χ3v) is 2.50. The third-order valence-electron chi connectivity index (χ3n) is 2.50. The summed E-state index contributed by atoms with van der Waals surface area (Å²) >= 11 is 0. The van der Waals surface area contributed by atoms with Gasteiger partial charge in [-0.05, 0) is 20.8 Å². The van der Waals surface area contributed by atoms with Crippen molar-refractivity contribution in [3.8, 4) is 6.07 Å². The van der Waals surface area contributed by atoms with Gasteiger partial charge in [0, 0.05) is 39.3 Å². The first kappa shape index (κ1) is 14.4. The second-order valence-corrected chi connectivity index (χ2v) is 5.74. The van der Waals surface area contributed by atoms with Crippen LogP contribution >= 0.6 is 0 Å². The van der Waals surface area contributed by atoms with E-state index in [-0.39, 0.29) is 12.0 Å². The van der Waals surface area contributed by atoms with Crippen molar-refractivity contribution in [3.63, 3.8) is 0 Å². The van der Waals surface area contributed by atoms with E-state index < -0.39 is 5.60 Å². The highest BCUT2D eigenvalue weighted by Gasteiger charge is 2.35. The maximum atomic E-state index is 11.7. The first-order valence-corrected chi connectivity index (χ1v) is 5.99. The molecular formula is C13H21N3O2. The van der Waals surface area contributed by atoms with E-state index in [4.69, 9.17) is 10.00 Å². The quantitative estimate of drug-likeness (QED) is 0.702. The highest BCUT2D eigenvalue weighted by molar-refractivity contribution is 5.69. The molecule has 1 fully saturated rings. The Morgan fingerprint density at radius 1 is 1.44 bits per heavy atom. The summed E-state index contributed by atoms with van der Waals surface area (Å²) in [6, 6.07) is 2.18. The number of hydrogen-bond donors (Lipinski definition) is 0. The molecule has 0 spiro atoms. The Balaban J connectivity index is 2.49. The molecule has 1 aliphatic rings. The zero-order chi connectivity index (χ0) is 13.9. The van der Waals surface area contributed by atoms with Crippen LogP contribution in [0.5, 0.6) is 0 Å². The molecule has 1 rings (SSSR count). The Morgan fingerprint density at radius 3 is 2.39 bits per heavy atom. The van der Waals surface area contributed by atoms with E-state index in [0.29, 0.717) is 18.7 Å². The van der Waals surface area contributed by atoms with Crippen molar-refractivity contribution in [3.05, 3.63) is 11.8 Å². The Bertz CT molecular complexity index is 382. The molecule has 100 valence electrons. The molecule has 0 atom stereocenters. The van der Waals surface area contributed by atoms with E-state index in [2.05, 4.69) is 6.07 Å². The topological polar surface area (TPSA) is 56.6 Å². The Morgan fingerprint density at radius 2 is 2.00 bits per heavy atom. The standard InChI is InChI=1S/C13H21N3O2/c1-13(2,3)18-12(17)16-8-11(9-16)10(6-14)7-15(4)5/h7,11H,8-9H2,1-5H3/b10-7-. The van der Waals surface area contributed by atoms with E-state index in [1.165, 1.54) is 0 Å². The number of likely N-dealkylation sites (tertiary alicyclic amines) is 1. The summed E-state index contributed by atoms with van der Waals surface area (Å²) < 4.78 is 5.26. The summed E-state index contributed by atoms with van der Waals surface area (Å²) in [6.07, 6.45) is 1.50. The molecule has 0 radical (unpaired) electrons. The molecule has 18 heavy (non-hydrogen) atoms. The summed E-state index contributed by atoms with van der Waals surface area (Å²) in [4.78, 5) is 15.2. The van der Waals surface area contributed by atoms with Crippen LogP contribution < -0.4 is 0 Å². The zero-order valence-corrected chi connectivity index (χ0v) is 11.7. The Kier molecular flexibility index (Phi) is 4.23. The van der Waals surface area contributed by atoms with Crippen molar-refractivity contribution >= 4 is 6.09 Å². The summed E-state index contributed by atoms with van der Waals surface area (Å²) in [6.45, 7) is 6.64. The molecule has 1 heterocycles. The number of nitrogens with zero attached hydrogens (tertiary/aromatic N) is 3. The molecule has 0 N–H and O–H groups in total. The summed E-state index contributed by atoms with van der Waals surface area (Å²) in [7, 11) is 3.75. The van der Waals surface area contributed by atoms with Crippen LogP contribution in [0.4, 0.5) is 4.79 Å². The number of rotatable bonds is 2. The van der Waals surface area contributed by atoms with Gasteiger partial charge in [0.1, 0.15) is 5.60 Å². The van der Waals surface area contributed by atoms with Gasteiger partial charge in [0.15, 0.2) is 0 Å². The van der Waals surface area contributed by atoms with Crippen LogP contribution in [0, 0.1) is 17.2 Å².